The number of aromatic amines is 1. The standard InChI is InChI=1S/C19H19N3O4/c1-11-20-15-6-5-13(9-14(15)19(24)21-11)22-16(10-23)12-4-7-17(25-2)18(8-12)26-3/h4-10,16,22H,1-3H3,(H,20,21,24). The number of aldehydes is 1. The van der Waals surface area contributed by atoms with E-state index >= 15 is 0 Å². The molecule has 2 aromatic carbocycles. The number of methoxy groups -OCH3 is 2. The average Bonchev–Trinajstić information content (AvgIpc) is 2.65. The van der Waals surface area contributed by atoms with Gasteiger partial charge in [0.15, 0.2) is 11.5 Å². The fourth-order valence-corrected chi connectivity index (χ4v) is 2.77. The first-order valence-electron chi connectivity index (χ1n) is 8.00. The molecule has 0 aliphatic heterocycles. The average molecular weight is 353 g/mol. The number of benzene rings is 2. The lowest BCUT2D eigenvalue weighted by Gasteiger charge is -2.17. The monoisotopic (exact) mass is 353 g/mol. The molecule has 7 nitrogen and oxygen atoms in total. The number of carbonyl (C=O) groups excluding carboxylic acids is 1. The molecular formula is C19H19N3O4. The van der Waals surface area contributed by atoms with Crippen LogP contribution in [0, 0.1) is 6.92 Å². The molecule has 2 N–H and O–H groups in total. The number of aromatic nitrogens is 2. The predicted molar refractivity (Wildman–Crippen MR) is 99.1 cm³/mol. The molecule has 134 valence electrons. The zero-order chi connectivity index (χ0) is 18.7. The molecule has 1 aromatic heterocycles. The molecular weight excluding hydrogens is 334 g/mol. The minimum atomic E-state index is -0.607. The molecule has 1 atom stereocenters. The number of H-pyrrole nitrogens is 1. The molecule has 0 aliphatic carbocycles. The fraction of sp³-hybridized carbons (Fsp3) is 0.211. The zero-order valence-electron chi connectivity index (χ0n) is 14.7. The lowest BCUT2D eigenvalue weighted by atomic mass is 10.1. The predicted octanol–water partition coefficient (Wildman–Crippen LogP) is 2.60. The summed E-state index contributed by atoms with van der Waals surface area (Å²) in [7, 11) is 3.09. The van der Waals surface area contributed by atoms with Crippen LogP contribution in [0.1, 0.15) is 17.4 Å². The van der Waals surface area contributed by atoms with Crippen molar-refractivity contribution in [3.05, 3.63) is 58.1 Å². The van der Waals surface area contributed by atoms with Crippen LogP contribution in [-0.2, 0) is 4.79 Å². The Morgan fingerprint density at radius 2 is 1.88 bits per heavy atom. The molecule has 0 aliphatic rings. The zero-order valence-corrected chi connectivity index (χ0v) is 14.7. The lowest BCUT2D eigenvalue weighted by Crippen LogP contribution is -2.14. The van der Waals surface area contributed by atoms with Gasteiger partial charge in [-0.05, 0) is 42.8 Å². The Balaban J connectivity index is 1.94. The fourth-order valence-electron chi connectivity index (χ4n) is 2.77. The van der Waals surface area contributed by atoms with Crippen molar-refractivity contribution < 1.29 is 14.3 Å². The van der Waals surface area contributed by atoms with Gasteiger partial charge < -0.3 is 24.6 Å². The van der Waals surface area contributed by atoms with Crippen LogP contribution in [0.3, 0.4) is 0 Å². The summed E-state index contributed by atoms with van der Waals surface area (Å²) in [6, 6.07) is 9.87. The van der Waals surface area contributed by atoms with Crippen molar-refractivity contribution in [2.24, 2.45) is 0 Å². The summed E-state index contributed by atoms with van der Waals surface area (Å²) in [6.45, 7) is 1.73. The third-order valence-corrected chi connectivity index (χ3v) is 4.05. The Kier molecular flexibility index (Phi) is 4.88. The molecule has 0 radical (unpaired) electrons. The smallest absolute Gasteiger partial charge is 0.258 e. The van der Waals surface area contributed by atoms with Gasteiger partial charge in [0.25, 0.3) is 5.56 Å². The molecule has 0 amide bonds. The molecule has 3 rings (SSSR count). The number of carbonyl (C=O) groups is 1. The van der Waals surface area contributed by atoms with E-state index in [4.69, 9.17) is 9.47 Å². The van der Waals surface area contributed by atoms with Crippen molar-refractivity contribution in [1.82, 2.24) is 9.97 Å². The summed E-state index contributed by atoms with van der Waals surface area (Å²) >= 11 is 0. The highest BCUT2D eigenvalue weighted by Crippen LogP contribution is 2.30. The number of aryl methyl sites for hydroxylation is 1. The third kappa shape index (κ3) is 3.37. The molecule has 0 spiro atoms. The Labute approximate surface area is 150 Å². The number of nitrogens with zero attached hydrogens (tertiary/aromatic N) is 1. The summed E-state index contributed by atoms with van der Waals surface area (Å²) < 4.78 is 10.5. The Morgan fingerprint density at radius 3 is 2.58 bits per heavy atom. The van der Waals surface area contributed by atoms with E-state index in [0.29, 0.717) is 39.5 Å². The van der Waals surface area contributed by atoms with Gasteiger partial charge in [0.1, 0.15) is 18.2 Å². The van der Waals surface area contributed by atoms with Crippen LogP contribution in [0.4, 0.5) is 5.69 Å². The highest BCUT2D eigenvalue weighted by molar-refractivity contribution is 5.82. The van der Waals surface area contributed by atoms with Crippen LogP contribution in [0.25, 0.3) is 10.9 Å². The summed E-state index contributed by atoms with van der Waals surface area (Å²) in [5.41, 5.74) is 1.74. The largest absolute Gasteiger partial charge is 0.493 e. The van der Waals surface area contributed by atoms with E-state index in [-0.39, 0.29) is 5.56 Å². The van der Waals surface area contributed by atoms with Crippen molar-refractivity contribution in [1.29, 1.82) is 0 Å². The van der Waals surface area contributed by atoms with Gasteiger partial charge in [0.2, 0.25) is 0 Å². The molecule has 1 heterocycles. The number of rotatable bonds is 6. The second kappa shape index (κ2) is 7.26. The van der Waals surface area contributed by atoms with Gasteiger partial charge in [0.05, 0.1) is 25.1 Å². The molecule has 0 saturated heterocycles. The molecule has 0 bridgehead atoms. The van der Waals surface area contributed by atoms with Gasteiger partial charge in [-0.1, -0.05) is 6.07 Å². The van der Waals surface area contributed by atoms with E-state index in [1.807, 2.05) is 0 Å². The van der Waals surface area contributed by atoms with E-state index in [9.17, 15) is 9.59 Å². The first-order chi connectivity index (χ1) is 12.5. The van der Waals surface area contributed by atoms with E-state index in [1.54, 1.807) is 50.4 Å². The van der Waals surface area contributed by atoms with Crippen molar-refractivity contribution >= 4 is 22.9 Å². The number of hydrogen-bond acceptors (Lipinski definition) is 6. The summed E-state index contributed by atoms with van der Waals surface area (Å²) in [5.74, 6) is 1.67. The first kappa shape index (κ1) is 17.5. The van der Waals surface area contributed by atoms with Gasteiger partial charge in [-0.3, -0.25) is 4.79 Å². The number of ether oxygens (including phenoxy) is 2. The second-order valence-corrected chi connectivity index (χ2v) is 5.76. The number of nitrogens with one attached hydrogen (secondary N) is 2. The summed E-state index contributed by atoms with van der Waals surface area (Å²) in [5, 5.41) is 3.58. The number of fused-ring (bicyclic) bond motifs is 1. The van der Waals surface area contributed by atoms with E-state index < -0.39 is 6.04 Å². The van der Waals surface area contributed by atoms with Crippen LogP contribution in [0.5, 0.6) is 11.5 Å². The number of anilines is 1. The summed E-state index contributed by atoms with van der Waals surface area (Å²) in [6.07, 6.45) is 0.795. The molecule has 26 heavy (non-hydrogen) atoms. The van der Waals surface area contributed by atoms with Gasteiger partial charge in [-0.2, -0.15) is 0 Å². The molecule has 3 aromatic rings. The molecule has 0 fully saturated rings. The maximum absolute atomic E-state index is 12.1. The quantitative estimate of drug-likeness (QED) is 0.662. The lowest BCUT2D eigenvalue weighted by molar-refractivity contribution is -0.108. The highest BCUT2D eigenvalue weighted by atomic mass is 16.5. The van der Waals surface area contributed by atoms with Crippen LogP contribution in [0.15, 0.2) is 41.2 Å². The topological polar surface area (TPSA) is 93.3 Å². The minimum Gasteiger partial charge on any atom is -0.493 e. The van der Waals surface area contributed by atoms with Gasteiger partial charge in [-0.25, -0.2) is 4.98 Å². The normalized spacial score (nSPS) is 11.8. The number of hydrogen-bond donors (Lipinski definition) is 2. The van der Waals surface area contributed by atoms with E-state index in [2.05, 4.69) is 15.3 Å². The SMILES string of the molecule is COc1ccc(C(C=O)Nc2ccc3nc(C)[nH]c(=O)c3c2)cc1OC. The van der Waals surface area contributed by atoms with Crippen molar-refractivity contribution in [3.63, 3.8) is 0 Å². The highest BCUT2D eigenvalue weighted by Gasteiger charge is 2.14. The maximum Gasteiger partial charge on any atom is 0.258 e. The Morgan fingerprint density at radius 1 is 1.12 bits per heavy atom. The third-order valence-electron chi connectivity index (χ3n) is 4.05. The molecule has 0 saturated carbocycles. The van der Waals surface area contributed by atoms with Crippen molar-refractivity contribution in [2.75, 3.05) is 19.5 Å². The maximum atomic E-state index is 12.1. The molecule has 1 unspecified atom stereocenters. The van der Waals surface area contributed by atoms with Gasteiger partial charge in [-0.15, -0.1) is 0 Å². The minimum absolute atomic E-state index is 0.218. The van der Waals surface area contributed by atoms with Gasteiger partial charge in [0, 0.05) is 5.69 Å². The van der Waals surface area contributed by atoms with Crippen LogP contribution < -0.4 is 20.3 Å². The van der Waals surface area contributed by atoms with Crippen molar-refractivity contribution in [2.45, 2.75) is 13.0 Å². The Hall–Kier alpha value is -3.35. The van der Waals surface area contributed by atoms with Crippen LogP contribution >= 0.6 is 0 Å². The van der Waals surface area contributed by atoms with Gasteiger partial charge >= 0.3 is 0 Å². The van der Waals surface area contributed by atoms with E-state index in [1.165, 1.54) is 7.11 Å². The first-order valence-corrected chi connectivity index (χ1v) is 8.00. The Bertz CT molecular complexity index is 1010. The van der Waals surface area contributed by atoms with Crippen molar-refractivity contribution in [3.8, 4) is 11.5 Å². The van der Waals surface area contributed by atoms with E-state index in [0.717, 1.165) is 6.29 Å². The summed E-state index contributed by atoms with van der Waals surface area (Å²) in [4.78, 5) is 30.7. The van der Waals surface area contributed by atoms with Crippen LogP contribution in [0.2, 0.25) is 0 Å². The second-order valence-electron chi connectivity index (χ2n) is 5.76. The van der Waals surface area contributed by atoms with Crippen LogP contribution in [-0.4, -0.2) is 30.5 Å². The molecule has 7 heteroatoms.